The normalized spacial score (nSPS) is 19.4. The topological polar surface area (TPSA) is 70.8 Å². The summed E-state index contributed by atoms with van der Waals surface area (Å²) in [6.45, 7) is 9.96. The molecular weight excluding hydrogens is 320 g/mol. The first kappa shape index (κ1) is 16.3. The van der Waals surface area contributed by atoms with Crippen molar-refractivity contribution in [2.75, 3.05) is 62.3 Å². The van der Waals surface area contributed by atoms with Gasteiger partial charge in [-0.1, -0.05) is 5.16 Å². The Morgan fingerprint density at radius 1 is 0.920 bits per heavy atom. The summed E-state index contributed by atoms with van der Waals surface area (Å²) in [7, 11) is 0. The van der Waals surface area contributed by atoms with Gasteiger partial charge in [-0.25, -0.2) is 9.97 Å². The van der Waals surface area contributed by atoms with Gasteiger partial charge in [0.15, 0.2) is 0 Å². The maximum Gasteiger partial charge on any atom is 0.134 e. The smallest absolute Gasteiger partial charge is 0.134 e. The second kappa shape index (κ2) is 7.37. The van der Waals surface area contributed by atoms with Crippen molar-refractivity contribution < 1.29 is 9.26 Å². The third-order valence-electron chi connectivity index (χ3n) is 4.73. The lowest BCUT2D eigenvalue weighted by Gasteiger charge is -2.35. The van der Waals surface area contributed by atoms with Gasteiger partial charge in [0.05, 0.1) is 18.9 Å². The van der Waals surface area contributed by atoms with Crippen LogP contribution in [0, 0.1) is 6.92 Å². The number of piperazine rings is 1. The molecule has 0 N–H and O–H groups in total. The van der Waals surface area contributed by atoms with Gasteiger partial charge in [0, 0.05) is 57.9 Å². The molecule has 2 aliphatic heterocycles. The molecule has 2 saturated heterocycles. The minimum Gasteiger partial charge on any atom is -0.378 e. The van der Waals surface area contributed by atoms with Crippen molar-refractivity contribution in [3.05, 3.63) is 29.9 Å². The van der Waals surface area contributed by atoms with Crippen molar-refractivity contribution >= 4 is 11.6 Å². The van der Waals surface area contributed by atoms with Crippen LogP contribution in [0.3, 0.4) is 0 Å². The SMILES string of the molecule is Cc1cc(CN2CCN(c3cc(N4CCOCC4)ncn3)CC2)no1. The van der Waals surface area contributed by atoms with Crippen LogP contribution in [0.4, 0.5) is 11.6 Å². The van der Waals surface area contributed by atoms with Gasteiger partial charge >= 0.3 is 0 Å². The Morgan fingerprint density at radius 2 is 1.60 bits per heavy atom. The molecule has 0 bridgehead atoms. The molecule has 134 valence electrons. The summed E-state index contributed by atoms with van der Waals surface area (Å²) in [6.07, 6.45) is 1.67. The number of anilines is 2. The first-order valence-corrected chi connectivity index (χ1v) is 8.82. The van der Waals surface area contributed by atoms with E-state index >= 15 is 0 Å². The summed E-state index contributed by atoms with van der Waals surface area (Å²) in [6, 6.07) is 4.10. The molecule has 2 fully saturated rings. The lowest BCUT2D eigenvalue weighted by molar-refractivity contribution is 0.122. The van der Waals surface area contributed by atoms with Crippen molar-refractivity contribution in [3.63, 3.8) is 0 Å². The Labute approximate surface area is 147 Å². The standard InChI is InChI=1S/C17H24N6O2/c1-14-10-15(20-25-14)12-21-2-4-22(5-3-21)16-11-17(19-13-18-16)23-6-8-24-9-7-23/h10-11,13H,2-9,12H2,1H3. The molecular formula is C17H24N6O2. The molecule has 0 radical (unpaired) electrons. The van der Waals surface area contributed by atoms with Crippen LogP contribution in [0.5, 0.6) is 0 Å². The summed E-state index contributed by atoms with van der Waals surface area (Å²) in [5.41, 5.74) is 1.00. The Balaban J connectivity index is 1.35. The van der Waals surface area contributed by atoms with E-state index in [0.717, 1.165) is 82.1 Å². The van der Waals surface area contributed by atoms with Crippen LogP contribution in [0.15, 0.2) is 23.0 Å². The minimum atomic E-state index is 0.763. The number of morpholine rings is 1. The van der Waals surface area contributed by atoms with Crippen molar-refractivity contribution in [3.8, 4) is 0 Å². The molecule has 2 aromatic rings. The number of aromatic nitrogens is 3. The largest absolute Gasteiger partial charge is 0.378 e. The van der Waals surface area contributed by atoms with Crippen LogP contribution in [0.25, 0.3) is 0 Å². The fourth-order valence-corrected chi connectivity index (χ4v) is 3.33. The van der Waals surface area contributed by atoms with Gasteiger partial charge in [-0.05, 0) is 6.92 Å². The predicted octanol–water partition coefficient (Wildman–Crippen LogP) is 0.932. The first-order chi connectivity index (χ1) is 12.3. The van der Waals surface area contributed by atoms with Gasteiger partial charge in [-0.15, -0.1) is 0 Å². The number of rotatable bonds is 4. The summed E-state index contributed by atoms with van der Waals surface area (Å²) in [5, 5.41) is 4.08. The third-order valence-corrected chi connectivity index (χ3v) is 4.73. The molecule has 8 heteroatoms. The fourth-order valence-electron chi connectivity index (χ4n) is 3.33. The lowest BCUT2D eigenvalue weighted by atomic mass is 10.2. The van der Waals surface area contributed by atoms with Crippen molar-refractivity contribution in [2.24, 2.45) is 0 Å². The Morgan fingerprint density at radius 3 is 2.24 bits per heavy atom. The molecule has 0 amide bonds. The third kappa shape index (κ3) is 3.91. The Bertz CT molecular complexity index is 692. The van der Waals surface area contributed by atoms with Crippen LogP contribution in [0.2, 0.25) is 0 Å². The van der Waals surface area contributed by atoms with Gasteiger partial charge in [0.2, 0.25) is 0 Å². The fraction of sp³-hybridized carbons (Fsp3) is 0.588. The average molecular weight is 344 g/mol. The quantitative estimate of drug-likeness (QED) is 0.811. The zero-order valence-electron chi connectivity index (χ0n) is 14.6. The van der Waals surface area contributed by atoms with E-state index in [-0.39, 0.29) is 0 Å². The van der Waals surface area contributed by atoms with Gasteiger partial charge < -0.3 is 19.1 Å². The van der Waals surface area contributed by atoms with E-state index < -0.39 is 0 Å². The van der Waals surface area contributed by atoms with Crippen molar-refractivity contribution in [1.82, 2.24) is 20.0 Å². The van der Waals surface area contributed by atoms with Crippen LogP contribution < -0.4 is 9.80 Å². The summed E-state index contributed by atoms with van der Waals surface area (Å²) in [5.74, 6) is 2.87. The van der Waals surface area contributed by atoms with Crippen LogP contribution in [0.1, 0.15) is 11.5 Å². The van der Waals surface area contributed by atoms with Crippen molar-refractivity contribution in [2.45, 2.75) is 13.5 Å². The highest BCUT2D eigenvalue weighted by atomic mass is 16.5. The van der Waals surface area contributed by atoms with E-state index in [1.165, 1.54) is 0 Å². The Kier molecular flexibility index (Phi) is 4.80. The van der Waals surface area contributed by atoms with E-state index in [1.54, 1.807) is 6.33 Å². The number of nitrogens with zero attached hydrogens (tertiary/aromatic N) is 6. The highest BCUT2D eigenvalue weighted by Crippen LogP contribution is 2.20. The average Bonchev–Trinajstić information content (AvgIpc) is 3.08. The van der Waals surface area contributed by atoms with E-state index in [4.69, 9.17) is 9.26 Å². The van der Waals surface area contributed by atoms with Gasteiger partial charge in [-0.3, -0.25) is 4.90 Å². The zero-order valence-corrected chi connectivity index (χ0v) is 14.6. The molecule has 4 rings (SSSR count). The highest BCUT2D eigenvalue weighted by molar-refractivity contribution is 5.50. The van der Waals surface area contributed by atoms with Gasteiger partial charge in [-0.2, -0.15) is 0 Å². The zero-order chi connectivity index (χ0) is 17.1. The lowest BCUT2D eigenvalue weighted by Crippen LogP contribution is -2.46. The monoisotopic (exact) mass is 344 g/mol. The molecule has 0 atom stereocenters. The predicted molar refractivity (Wildman–Crippen MR) is 93.8 cm³/mol. The summed E-state index contributed by atoms with van der Waals surface area (Å²) < 4.78 is 10.6. The molecule has 0 saturated carbocycles. The van der Waals surface area contributed by atoms with Gasteiger partial charge in [0.25, 0.3) is 0 Å². The van der Waals surface area contributed by atoms with Gasteiger partial charge in [0.1, 0.15) is 23.7 Å². The number of ether oxygens (including phenoxy) is 1. The molecule has 2 aliphatic rings. The highest BCUT2D eigenvalue weighted by Gasteiger charge is 2.20. The maximum atomic E-state index is 5.42. The molecule has 4 heterocycles. The van der Waals surface area contributed by atoms with Crippen LogP contribution in [-0.4, -0.2) is 72.5 Å². The van der Waals surface area contributed by atoms with Crippen LogP contribution in [-0.2, 0) is 11.3 Å². The molecule has 8 nitrogen and oxygen atoms in total. The minimum absolute atomic E-state index is 0.763. The molecule has 25 heavy (non-hydrogen) atoms. The van der Waals surface area contributed by atoms with Crippen molar-refractivity contribution in [1.29, 1.82) is 0 Å². The molecule has 0 unspecified atom stereocenters. The molecule has 2 aromatic heterocycles. The number of aryl methyl sites for hydroxylation is 1. The Hall–Kier alpha value is -2.19. The summed E-state index contributed by atoms with van der Waals surface area (Å²) >= 11 is 0. The van der Waals surface area contributed by atoms with E-state index in [0.29, 0.717) is 0 Å². The number of hydrogen-bond acceptors (Lipinski definition) is 8. The number of hydrogen-bond donors (Lipinski definition) is 0. The molecule has 0 aliphatic carbocycles. The van der Waals surface area contributed by atoms with E-state index in [9.17, 15) is 0 Å². The second-order valence-electron chi connectivity index (χ2n) is 6.53. The molecule has 0 aromatic carbocycles. The first-order valence-electron chi connectivity index (χ1n) is 8.82. The summed E-state index contributed by atoms with van der Waals surface area (Å²) in [4.78, 5) is 15.9. The van der Waals surface area contributed by atoms with E-state index in [1.807, 2.05) is 13.0 Å². The van der Waals surface area contributed by atoms with Crippen LogP contribution >= 0.6 is 0 Å². The van der Waals surface area contributed by atoms with E-state index in [2.05, 4.69) is 35.9 Å². The maximum absolute atomic E-state index is 5.42. The molecule has 0 spiro atoms. The second-order valence-corrected chi connectivity index (χ2v) is 6.53.